The van der Waals surface area contributed by atoms with Crippen molar-refractivity contribution in [1.29, 1.82) is 0 Å². The first-order valence-electron chi connectivity index (χ1n) is 7.47. The number of rotatable bonds is 9. The van der Waals surface area contributed by atoms with E-state index in [2.05, 4.69) is 24.1 Å². The van der Waals surface area contributed by atoms with Crippen LogP contribution in [0.2, 0.25) is 0 Å². The molecule has 0 radical (unpaired) electrons. The van der Waals surface area contributed by atoms with Gasteiger partial charge in [0.15, 0.2) is 0 Å². The normalized spacial score (nSPS) is 12.4. The van der Waals surface area contributed by atoms with Crippen molar-refractivity contribution in [3.8, 4) is 0 Å². The van der Waals surface area contributed by atoms with Crippen LogP contribution in [0, 0.1) is 0 Å². The average Bonchev–Trinajstić information content (AvgIpc) is 2.48. The molecule has 1 unspecified atom stereocenters. The third-order valence-electron chi connectivity index (χ3n) is 3.48. The van der Waals surface area contributed by atoms with Crippen LogP contribution in [0.4, 0.5) is 0 Å². The Labute approximate surface area is 122 Å². The zero-order valence-electron chi connectivity index (χ0n) is 12.6. The van der Waals surface area contributed by atoms with Crippen molar-refractivity contribution < 1.29 is 4.79 Å². The van der Waals surface area contributed by atoms with E-state index in [1.807, 2.05) is 30.3 Å². The van der Waals surface area contributed by atoms with E-state index in [1.165, 1.54) is 0 Å². The smallest absolute Gasteiger partial charge is 0.237 e. The Kier molecular flexibility index (Phi) is 7.92. The molecule has 0 aliphatic heterocycles. The predicted octanol–water partition coefficient (Wildman–Crippen LogP) is 1.40. The van der Waals surface area contributed by atoms with E-state index in [0.29, 0.717) is 13.0 Å². The molecule has 0 saturated carbocycles. The summed E-state index contributed by atoms with van der Waals surface area (Å²) >= 11 is 0. The minimum Gasteiger partial charge on any atom is -0.355 e. The highest BCUT2D eigenvalue weighted by atomic mass is 16.2. The van der Waals surface area contributed by atoms with E-state index in [-0.39, 0.29) is 5.91 Å². The number of nitrogens with one attached hydrogen (secondary N) is 1. The van der Waals surface area contributed by atoms with Crippen molar-refractivity contribution in [1.82, 2.24) is 10.2 Å². The van der Waals surface area contributed by atoms with Gasteiger partial charge in [-0.05, 0) is 38.0 Å². The lowest BCUT2D eigenvalue weighted by Crippen LogP contribution is -2.42. The highest BCUT2D eigenvalue weighted by Gasteiger charge is 2.13. The maximum absolute atomic E-state index is 11.9. The summed E-state index contributed by atoms with van der Waals surface area (Å²) in [5.74, 6) is -0.0617. The molecule has 1 amide bonds. The van der Waals surface area contributed by atoms with Gasteiger partial charge in [0.05, 0.1) is 6.04 Å². The first-order valence-corrected chi connectivity index (χ1v) is 7.47. The van der Waals surface area contributed by atoms with Gasteiger partial charge in [0.2, 0.25) is 5.91 Å². The van der Waals surface area contributed by atoms with E-state index in [1.54, 1.807) is 0 Å². The first kappa shape index (κ1) is 16.7. The molecule has 4 heteroatoms. The van der Waals surface area contributed by atoms with Crippen LogP contribution in [0.1, 0.15) is 25.8 Å². The van der Waals surface area contributed by atoms with Gasteiger partial charge in [-0.25, -0.2) is 0 Å². The largest absolute Gasteiger partial charge is 0.355 e. The van der Waals surface area contributed by atoms with E-state index in [0.717, 1.165) is 31.6 Å². The molecule has 4 nitrogen and oxygen atoms in total. The zero-order chi connectivity index (χ0) is 14.8. The van der Waals surface area contributed by atoms with Crippen LogP contribution in [0.5, 0.6) is 0 Å². The van der Waals surface area contributed by atoms with E-state index >= 15 is 0 Å². The Morgan fingerprint density at radius 2 is 1.90 bits per heavy atom. The summed E-state index contributed by atoms with van der Waals surface area (Å²) in [4.78, 5) is 14.2. The molecule has 0 spiro atoms. The second-order valence-electron chi connectivity index (χ2n) is 4.97. The predicted molar refractivity (Wildman–Crippen MR) is 83.5 cm³/mol. The molecule has 0 aromatic heterocycles. The van der Waals surface area contributed by atoms with Crippen LogP contribution in [0.3, 0.4) is 0 Å². The summed E-state index contributed by atoms with van der Waals surface area (Å²) in [6.45, 7) is 8.12. The Hall–Kier alpha value is -1.39. The van der Waals surface area contributed by atoms with Gasteiger partial charge in [0.25, 0.3) is 0 Å². The highest BCUT2D eigenvalue weighted by molar-refractivity contribution is 5.81. The summed E-state index contributed by atoms with van der Waals surface area (Å²) in [7, 11) is 0. The second kappa shape index (κ2) is 9.50. The molecule has 0 aliphatic carbocycles. The molecular weight excluding hydrogens is 250 g/mol. The van der Waals surface area contributed by atoms with Crippen LogP contribution in [0.25, 0.3) is 0 Å². The van der Waals surface area contributed by atoms with Crippen molar-refractivity contribution in [3.05, 3.63) is 35.9 Å². The highest BCUT2D eigenvalue weighted by Crippen LogP contribution is 2.01. The van der Waals surface area contributed by atoms with E-state index in [4.69, 9.17) is 5.73 Å². The molecule has 1 atom stereocenters. The maximum Gasteiger partial charge on any atom is 0.237 e. The molecule has 112 valence electrons. The fourth-order valence-corrected chi connectivity index (χ4v) is 2.15. The number of hydrogen-bond donors (Lipinski definition) is 2. The van der Waals surface area contributed by atoms with Gasteiger partial charge in [-0.2, -0.15) is 0 Å². The van der Waals surface area contributed by atoms with Crippen molar-refractivity contribution in [2.24, 2.45) is 5.73 Å². The lowest BCUT2D eigenvalue weighted by atomic mass is 10.1. The van der Waals surface area contributed by atoms with Gasteiger partial charge in [-0.15, -0.1) is 0 Å². The van der Waals surface area contributed by atoms with Gasteiger partial charge >= 0.3 is 0 Å². The topological polar surface area (TPSA) is 58.4 Å². The van der Waals surface area contributed by atoms with Gasteiger partial charge < -0.3 is 16.0 Å². The second-order valence-corrected chi connectivity index (χ2v) is 4.97. The third kappa shape index (κ3) is 6.17. The monoisotopic (exact) mass is 277 g/mol. The Morgan fingerprint density at radius 3 is 2.50 bits per heavy atom. The molecule has 0 fully saturated rings. The molecule has 0 saturated heterocycles. The number of carbonyl (C=O) groups excluding carboxylic acids is 1. The summed E-state index contributed by atoms with van der Waals surface area (Å²) < 4.78 is 0. The Morgan fingerprint density at radius 1 is 1.25 bits per heavy atom. The van der Waals surface area contributed by atoms with E-state index < -0.39 is 6.04 Å². The van der Waals surface area contributed by atoms with Crippen LogP contribution < -0.4 is 11.1 Å². The van der Waals surface area contributed by atoms with Gasteiger partial charge in [0, 0.05) is 6.54 Å². The molecule has 1 aromatic carbocycles. The van der Waals surface area contributed by atoms with Crippen molar-refractivity contribution in [3.63, 3.8) is 0 Å². The summed E-state index contributed by atoms with van der Waals surface area (Å²) in [6, 6.07) is 9.41. The Balaban J connectivity index is 2.22. The summed E-state index contributed by atoms with van der Waals surface area (Å²) in [6.07, 6.45) is 1.55. The first-order chi connectivity index (χ1) is 9.67. The van der Waals surface area contributed by atoms with Gasteiger partial charge in [-0.1, -0.05) is 44.2 Å². The van der Waals surface area contributed by atoms with Crippen LogP contribution in [-0.4, -0.2) is 43.0 Å². The molecule has 0 aliphatic rings. The fraction of sp³-hybridized carbons (Fsp3) is 0.562. The number of amides is 1. The number of nitrogens with zero attached hydrogens (tertiary/aromatic N) is 1. The van der Waals surface area contributed by atoms with Crippen molar-refractivity contribution >= 4 is 5.91 Å². The molecule has 3 N–H and O–H groups in total. The Bertz CT molecular complexity index is 377. The molecule has 0 heterocycles. The molecule has 0 bridgehead atoms. The summed E-state index contributed by atoms with van der Waals surface area (Å²) in [5, 5.41) is 2.92. The lowest BCUT2D eigenvalue weighted by Gasteiger charge is -2.18. The van der Waals surface area contributed by atoms with Crippen molar-refractivity contribution in [2.75, 3.05) is 26.2 Å². The molecular formula is C16H27N3O. The molecule has 1 rings (SSSR count). The fourth-order valence-electron chi connectivity index (χ4n) is 2.15. The van der Waals surface area contributed by atoms with Crippen molar-refractivity contribution in [2.45, 2.75) is 32.7 Å². The number of hydrogen-bond acceptors (Lipinski definition) is 3. The molecule has 20 heavy (non-hydrogen) atoms. The summed E-state index contributed by atoms with van der Waals surface area (Å²) in [5.41, 5.74) is 7.02. The SMILES string of the molecule is CCN(CC)CCCNC(=O)C(N)Cc1ccccc1. The number of carbonyl (C=O) groups is 1. The molecule has 1 aromatic rings. The quantitative estimate of drug-likeness (QED) is 0.671. The van der Waals surface area contributed by atoms with Crippen LogP contribution in [0.15, 0.2) is 30.3 Å². The lowest BCUT2D eigenvalue weighted by molar-refractivity contribution is -0.122. The number of benzene rings is 1. The zero-order valence-corrected chi connectivity index (χ0v) is 12.6. The van der Waals surface area contributed by atoms with Gasteiger partial charge in [0.1, 0.15) is 0 Å². The van der Waals surface area contributed by atoms with E-state index in [9.17, 15) is 4.79 Å². The number of nitrogens with two attached hydrogens (primary N) is 1. The van der Waals surface area contributed by atoms with Crippen LogP contribution >= 0.6 is 0 Å². The third-order valence-corrected chi connectivity index (χ3v) is 3.48. The van der Waals surface area contributed by atoms with Gasteiger partial charge in [-0.3, -0.25) is 4.79 Å². The minimum absolute atomic E-state index is 0.0617. The van der Waals surface area contributed by atoms with Crippen LogP contribution in [-0.2, 0) is 11.2 Å². The standard InChI is InChI=1S/C16H27N3O/c1-3-19(4-2)12-8-11-18-16(20)15(17)13-14-9-6-5-7-10-14/h5-7,9-10,15H,3-4,8,11-13,17H2,1-2H3,(H,18,20). The minimum atomic E-state index is -0.467. The maximum atomic E-state index is 11.9. The average molecular weight is 277 g/mol.